The van der Waals surface area contributed by atoms with Crippen LogP contribution in [0.3, 0.4) is 0 Å². The molecule has 22 heavy (non-hydrogen) atoms. The summed E-state index contributed by atoms with van der Waals surface area (Å²) in [5.41, 5.74) is 2.05. The van der Waals surface area contributed by atoms with Gasteiger partial charge < -0.3 is 15.0 Å². The number of ether oxygens (including phenoxy) is 1. The third kappa shape index (κ3) is 5.11. The Morgan fingerprint density at radius 2 is 2.14 bits per heavy atom. The average Bonchev–Trinajstić information content (AvgIpc) is 2.99. The van der Waals surface area contributed by atoms with E-state index in [-0.39, 0.29) is 5.91 Å². The zero-order valence-electron chi connectivity index (χ0n) is 13.8. The number of nitrogens with one attached hydrogen (secondary N) is 1. The Hall–Kier alpha value is -1.39. The molecule has 122 valence electrons. The summed E-state index contributed by atoms with van der Waals surface area (Å²) in [5, 5.41) is 3.07. The Morgan fingerprint density at radius 3 is 2.82 bits per heavy atom. The normalized spacial score (nSPS) is 18.5. The zero-order chi connectivity index (χ0) is 15.8. The lowest BCUT2D eigenvalue weighted by Crippen LogP contribution is -2.31. The lowest BCUT2D eigenvalue weighted by atomic mass is 10.1. The summed E-state index contributed by atoms with van der Waals surface area (Å²) >= 11 is 0. The summed E-state index contributed by atoms with van der Waals surface area (Å²) in [6.45, 7) is 6.86. The van der Waals surface area contributed by atoms with Gasteiger partial charge in [0.25, 0.3) is 5.91 Å². The summed E-state index contributed by atoms with van der Waals surface area (Å²) < 4.78 is 5.11. The number of rotatable bonds is 8. The predicted molar refractivity (Wildman–Crippen MR) is 89.2 cm³/mol. The monoisotopic (exact) mass is 304 g/mol. The summed E-state index contributed by atoms with van der Waals surface area (Å²) in [4.78, 5) is 14.6. The molecule has 1 aliphatic rings. The van der Waals surface area contributed by atoms with Crippen molar-refractivity contribution in [3.05, 3.63) is 35.4 Å². The largest absolute Gasteiger partial charge is 0.383 e. The van der Waals surface area contributed by atoms with Crippen LogP contribution in [0.4, 0.5) is 0 Å². The number of aryl methyl sites for hydroxylation is 1. The average molecular weight is 304 g/mol. The van der Waals surface area contributed by atoms with Crippen molar-refractivity contribution in [1.29, 1.82) is 0 Å². The SMILES string of the molecule is CCCc1ccc(C(=O)NC[C@H]2CCN(CCOC)C2)cc1. The van der Waals surface area contributed by atoms with Crippen molar-refractivity contribution in [2.24, 2.45) is 5.92 Å². The van der Waals surface area contributed by atoms with E-state index in [2.05, 4.69) is 29.3 Å². The molecule has 0 aliphatic carbocycles. The molecule has 0 radical (unpaired) electrons. The van der Waals surface area contributed by atoms with Crippen molar-refractivity contribution in [3.8, 4) is 0 Å². The van der Waals surface area contributed by atoms with Crippen molar-refractivity contribution in [1.82, 2.24) is 10.2 Å². The molecule has 1 amide bonds. The van der Waals surface area contributed by atoms with Gasteiger partial charge in [0.05, 0.1) is 6.61 Å². The minimum atomic E-state index is 0.0402. The standard InChI is InChI=1S/C18H28N2O2/c1-3-4-15-5-7-17(8-6-15)18(21)19-13-16-9-10-20(14-16)11-12-22-2/h5-8,16H,3-4,9-14H2,1-2H3,(H,19,21)/t16-/m1/s1. The molecule has 1 aromatic rings. The number of benzene rings is 1. The van der Waals surface area contributed by atoms with Crippen LogP contribution in [0.2, 0.25) is 0 Å². The minimum Gasteiger partial charge on any atom is -0.383 e. The van der Waals surface area contributed by atoms with Crippen LogP contribution in [0.1, 0.15) is 35.7 Å². The molecule has 0 aromatic heterocycles. The number of nitrogens with zero attached hydrogens (tertiary/aromatic N) is 1. The molecule has 1 heterocycles. The summed E-state index contributed by atoms with van der Waals surface area (Å²) in [7, 11) is 1.74. The molecule has 1 N–H and O–H groups in total. The van der Waals surface area contributed by atoms with E-state index in [1.165, 1.54) is 5.56 Å². The van der Waals surface area contributed by atoms with E-state index < -0.39 is 0 Å². The van der Waals surface area contributed by atoms with Gasteiger partial charge in [-0.05, 0) is 43.0 Å². The van der Waals surface area contributed by atoms with Gasteiger partial charge in [0.15, 0.2) is 0 Å². The van der Waals surface area contributed by atoms with Crippen LogP contribution in [0, 0.1) is 5.92 Å². The van der Waals surface area contributed by atoms with Gasteiger partial charge in [-0.1, -0.05) is 25.5 Å². The predicted octanol–water partition coefficient (Wildman–Crippen LogP) is 2.34. The maximum atomic E-state index is 12.2. The molecular weight excluding hydrogens is 276 g/mol. The zero-order valence-corrected chi connectivity index (χ0v) is 13.8. The third-order valence-electron chi connectivity index (χ3n) is 4.29. The molecule has 4 nitrogen and oxygen atoms in total. The van der Waals surface area contributed by atoms with Crippen molar-refractivity contribution in [2.45, 2.75) is 26.2 Å². The number of hydrogen-bond donors (Lipinski definition) is 1. The first-order chi connectivity index (χ1) is 10.7. The van der Waals surface area contributed by atoms with Gasteiger partial charge >= 0.3 is 0 Å². The van der Waals surface area contributed by atoms with Gasteiger partial charge in [0.2, 0.25) is 0 Å². The number of carbonyl (C=O) groups is 1. The quantitative estimate of drug-likeness (QED) is 0.801. The number of amides is 1. The second-order valence-corrected chi connectivity index (χ2v) is 6.11. The molecule has 4 heteroatoms. The van der Waals surface area contributed by atoms with E-state index in [1.54, 1.807) is 7.11 Å². The number of hydrogen-bond acceptors (Lipinski definition) is 3. The molecule has 1 saturated heterocycles. The Kier molecular flexibility index (Phi) is 6.87. The van der Waals surface area contributed by atoms with Crippen LogP contribution >= 0.6 is 0 Å². The Balaban J connectivity index is 1.73. The highest BCUT2D eigenvalue weighted by Gasteiger charge is 2.22. The van der Waals surface area contributed by atoms with E-state index in [4.69, 9.17) is 4.74 Å². The highest BCUT2D eigenvalue weighted by atomic mass is 16.5. The van der Waals surface area contributed by atoms with E-state index in [1.807, 2.05) is 12.1 Å². The van der Waals surface area contributed by atoms with E-state index in [0.29, 0.717) is 5.92 Å². The Bertz CT molecular complexity index is 459. The summed E-state index contributed by atoms with van der Waals surface area (Å²) in [5.74, 6) is 0.596. The number of likely N-dealkylation sites (tertiary alicyclic amines) is 1. The molecule has 2 rings (SSSR count). The summed E-state index contributed by atoms with van der Waals surface area (Å²) in [6, 6.07) is 7.97. The van der Waals surface area contributed by atoms with E-state index in [0.717, 1.165) is 57.6 Å². The lowest BCUT2D eigenvalue weighted by molar-refractivity contribution is 0.0946. The molecule has 0 spiro atoms. The maximum absolute atomic E-state index is 12.2. The van der Waals surface area contributed by atoms with Crippen LogP contribution in [0.5, 0.6) is 0 Å². The molecule has 1 aliphatic heterocycles. The first kappa shape index (κ1) is 17.0. The molecule has 0 bridgehead atoms. The first-order valence-corrected chi connectivity index (χ1v) is 8.31. The second kappa shape index (κ2) is 8.91. The Labute approximate surface area is 133 Å². The molecular formula is C18H28N2O2. The Morgan fingerprint density at radius 1 is 1.36 bits per heavy atom. The van der Waals surface area contributed by atoms with Crippen LogP contribution < -0.4 is 5.32 Å². The minimum absolute atomic E-state index is 0.0402. The second-order valence-electron chi connectivity index (χ2n) is 6.11. The van der Waals surface area contributed by atoms with Crippen molar-refractivity contribution in [2.75, 3.05) is 39.9 Å². The van der Waals surface area contributed by atoms with Crippen LogP contribution in [0.25, 0.3) is 0 Å². The fraction of sp³-hybridized carbons (Fsp3) is 0.611. The molecule has 1 aromatic carbocycles. The summed E-state index contributed by atoms with van der Waals surface area (Å²) in [6.07, 6.45) is 3.35. The van der Waals surface area contributed by atoms with Crippen molar-refractivity contribution >= 4 is 5.91 Å². The van der Waals surface area contributed by atoms with E-state index in [9.17, 15) is 4.79 Å². The third-order valence-corrected chi connectivity index (χ3v) is 4.29. The van der Waals surface area contributed by atoms with Gasteiger partial charge in [0, 0.05) is 32.3 Å². The topological polar surface area (TPSA) is 41.6 Å². The van der Waals surface area contributed by atoms with Gasteiger partial charge in [-0.25, -0.2) is 0 Å². The fourth-order valence-corrected chi connectivity index (χ4v) is 2.95. The molecule has 1 fully saturated rings. The van der Waals surface area contributed by atoms with Crippen LogP contribution in [0.15, 0.2) is 24.3 Å². The molecule has 1 atom stereocenters. The van der Waals surface area contributed by atoms with Gasteiger partial charge in [-0.3, -0.25) is 4.79 Å². The molecule has 0 unspecified atom stereocenters. The van der Waals surface area contributed by atoms with Crippen LogP contribution in [-0.4, -0.2) is 50.7 Å². The van der Waals surface area contributed by atoms with Gasteiger partial charge in [0.1, 0.15) is 0 Å². The molecule has 0 saturated carbocycles. The number of methoxy groups -OCH3 is 1. The lowest BCUT2D eigenvalue weighted by Gasteiger charge is -2.15. The van der Waals surface area contributed by atoms with Crippen molar-refractivity contribution in [3.63, 3.8) is 0 Å². The van der Waals surface area contributed by atoms with Crippen molar-refractivity contribution < 1.29 is 9.53 Å². The highest BCUT2D eigenvalue weighted by molar-refractivity contribution is 5.94. The van der Waals surface area contributed by atoms with Gasteiger partial charge in [-0.15, -0.1) is 0 Å². The number of carbonyl (C=O) groups excluding carboxylic acids is 1. The van der Waals surface area contributed by atoms with E-state index >= 15 is 0 Å². The maximum Gasteiger partial charge on any atom is 0.251 e. The van der Waals surface area contributed by atoms with Crippen LogP contribution in [-0.2, 0) is 11.2 Å². The fourth-order valence-electron chi connectivity index (χ4n) is 2.95. The highest BCUT2D eigenvalue weighted by Crippen LogP contribution is 2.15. The van der Waals surface area contributed by atoms with Gasteiger partial charge in [-0.2, -0.15) is 0 Å². The smallest absolute Gasteiger partial charge is 0.251 e. The first-order valence-electron chi connectivity index (χ1n) is 8.31.